The van der Waals surface area contributed by atoms with Crippen LogP contribution in [0.3, 0.4) is 0 Å². The van der Waals surface area contributed by atoms with Crippen LogP contribution in [0.1, 0.15) is 26.7 Å². The van der Waals surface area contributed by atoms with Crippen molar-refractivity contribution in [2.24, 2.45) is 0 Å². The maximum atomic E-state index is 5.86. The van der Waals surface area contributed by atoms with Gasteiger partial charge in [-0.2, -0.15) is 15.0 Å². The molecular formula is C11H20ClN5O. The fourth-order valence-corrected chi connectivity index (χ4v) is 1.54. The summed E-state index contributed by atoms with van der Waals surface area (Å²) in [5, 5.41) is 6.44. The highest BCUT2D eigenvalue weighted by Crippen LogP contribution is 2.11. The van der Waals surface area contributed by atoms with Gasteiger partial charge in [-0.05, 0) is 24.4 Å². The monoisotopic (exact) mass is 273 g/mol. The predicted molar refractivity (Wildman–Crippen MR) is 73.2 cm³/mol. The molecule has 0 bridgehead atoms. The van der Waals surface area contributed by atoms with Crippen LogP contribution in [0.4, 0.5) is 11.9 Å². The molecule has 1 aromatic rings. The molecule has 1 aromatic heterocycles. The normalized spacial score (nSPS) is 12.2. The molecule has 102 valence electrons. The molecule has 0 radical (unpaired) electrons. The molecule has 0 amide bonds. The molecule has 18 heavy (non-hydrogen) atoms. The van der Waals surface area contributed by atoms with E-state index in [2.05, 4.69) is 39.4 Å². The summed E-state index contributed by atoms with van der Waals surface area (Å²) in [7, 11) is 1.67. The van der Waals surface area contributed by atoms with Gasteiger partial charge in [-0.3, -0.25) is 0 Å². The van der Waals surface area contributed by atoms with Crippen LogP contribution in [0, 0.1) is 0 Å². The highest BCUT2D eigenvalue weighted by Gasteiger charge is 2.10. The minimum Gasteiger partial charge on any atom is -0.383 e. The number of anilines is 2. The average Bonchev–Trinajstić information content (AvgIpc) is 2.35. The Labute approximate surface area is 113 Å². The number of methoxy groups -OCH3 is 1. The number of nitrogens with one attached hydrogen (secondary N) is 2. The first-order chi connectivity index (χ1) is 8.69. The van der Waals surface area contributed by atoms with Gasteiger partial charge < -0.3 is 15.4 Å². The van der Waals surface area contributed by atoms with E-state index >= 15 is 0 Å². The van der Waals surface area contributed by atoms with Crippen LogP contribution >= 0.6 is 11.6 Å². The van der Waals surface area contributed by atoms with Crippen molar-refractivity contribution in [1.82, 2.24) is 15.0 Å². The summed E-state index contributed by atoms with van der Waals surface area (Å²) in [6.07, 6.45) is 1.90. The summed E-state index contributed by atoms with van der Waals surface area (Å²) in [6, 6.07) is 0.160. The predicted octanol–water partition coefficient (Wildman–Crippen LogP) is 2.18. The Kier molecular flexibility index (Phi) is 6.67. The Morgan fingerprint density at radius 3 is 2.56 bits per heavy atom. The fraction of sp³-hybridized carbons (Fsp3) is 0.727. The summed E-state index contributed by atoms with van der Waals surface area (Å²) in [5.74, 6) is 0.962. The van der Waals surface area contributed by atoms with Gasteiger partial charge in [-0.25, -0.2) is 0 Å². The Hall–Kier alpha value is -1.14. The molecule has 1 unspecified atom stereocenters. The molecule has 1 atom stereocenters. The summed E-state index contributed by atoms with van der Waals surface area (Å²) in [6.45, 7) is 5.53. The van der Waals surface area contributed by atoms with Gasteiger partial charge in [-0.1, -0.05) is 13.8 Å². The van der Waals surface area contributed by atoms with Crippen LogP contribution in [-0.4, -0.2) is 41.3 Å². The Balaban J connectivity index is 2.71. The maximum absolute atomic E-state index is 5.86. The van der Waals surface area contributed by atoms with Gasteiger partial charge in [-0.15, -0.1) is 0 Å². The lowest BCUT2D eigenvalue weighted by Gasteiger charge is -2.16. The third kappa shape index (κ3) is 5.01. The number of hydrogen-bond donors (Lipinski definition) is 2. The van der Waals surface area contributed by atoms with Crippen molar-refractivity contribution in [2.45, 2.75) is 32.7 Å². The van der Waals surface area contributed by atoms with Crippen LogP contribution in [-0.2, 0) is 4.74 Å². The average molecular weight is 274 g/mol. The molecule has 0 aliphatic carbocycles. The number of rotatable bonds is 8. The highest BCUT2D eigenvalue weighted by atomic mass is 35.5. The Morgan fingerprint density at radius 2 is 1.94 bits per heavy atom. The van der Waals surface area contributed by atoms with Crippen LogP contribution in [0.2, 0.25) is 5.28 Å². The zero-order valence-electron chi connectivity index (χ0n) is 11.0. The van der Waals surface area contributed by atoms with Crippen LogP contribution in [0.15, 0.2) is 0 Å². The summed E-state index contributed by atoms with van der Waals surface area (Å²) in [5.41, 5.74) is 0. The molecule has 0 fully saturated rings. The number of aromatic nitrogens is 3. The van der Waals surface area contributed by atoms with E-state index < -0.39 is 0 Å². The second-order valence-corrected chi connectivity index (χ2v) is 4.22. The van der Waals surface area contributed by atoms with Gasteiger partial charge in [0, 0.05) is 13.7 Å². The van der Waals surface area contributed by atoms with Crippen LogP contribution in [0.25, 0.3) is 0 Å². The third-order valence-corrected chi connectivity index (χ3v) is 2.50. The molecule has 0 saturated carbocycles. The molecule has 2 N–H and O–H groups in total. The molecule has 1 rings (SSSR count). The maximum Gasteiger partial charge on any atom is 0.229 e. The Bertz CT molecular complexity index is 363. The van der Waals surface area contributed by atoms with E-state index in [0.29, 0.717) is 18.5 Å². The quantitative estimate of drug-likeness (QED) is 0.756. The van der Waals surface area contributed by atoms with Gasteiger partial charge in [0.2, 0.25) is 17.2 Å². The molecule has 0 aliphatic rings. The van der Waals surface area contributed by atoms with Crippen LogP contribution in [0.5, 0.6) is 0 Å². The van der Waals surface area contributed by atoms with Crippen molar-refractivity contribution >= 4 is 23.5 Å². The minimum atomic E-state index is 0.160. The van der Waals surface area contributed by atoms with Gasteiger partial charge in [0.1, 0.15) is 0 Å². The standard InChI is InChI=1S/C11H20ClN5O/c1-4-6-13-10-15-9(12)16-11(17-10)14-8(5-2)7-18-3/h8H,4-7H2,1-3H3,(H2,13,14,15,16,17). The summed E-state index contributed by atoms with van der Waals surface area (Å²) in [4.78, 5) is 12.3. The SMILES string of the molecule is CCCNc1nc(Cl)nc(NC(CC)COC)n1. The smallest absolute Gasteiger partial charge is 0.229 e. The first-order valence-electron chi connectivity index (χ1n) is 6.10. The van der Waals surface area contributed by atoms with E-state index in [9.17, 15) is 0 Å². The topological polar surface area (TPSA) is 72.0 Å². The fourth-order valence-electron chi connectivity index (χ4n) is 1.38. The van der Waals surface area contributed by atoms with E-state index in [-0.39, 0.29) is 11.3 Å². The second kappa shape index (κ2) is 8.05. The van der Waals surface area contributed by atoms with Crippen molar-refractivity contribution < 1.29 is 4.74 Å². The molecule has 0 aliphatic heterocycles. The number of hydrogen-bond acceptors (Lipinski definition) is 6. The van der Waals surface area contributed by atoms with Gasteiger partial charge >= 0.3 is 0 Å². The highest BCUT2D eigenvalue weighted by molar-refractivity contribution is 6.28. The molecule has 0 aromatic carbocycles. The first-order valence-corrected chi connectivity index (χ1v) is 6.48. The summed E-state index contributed by atoms with van der Waals surface area (Å²) >= 11 is 5.86. The first kappa shape index (κ1) is 14.9. The number of nitrogens with zero attached hydrogens (tertiary/aromatic N) is 3. The van der Waals surface area contributed by atoms with Crippen molar-refractivity contribution in [2.75, 3.05) is 30.9 Å². The van der Waals surface area contributed by atoms with E-state index in [0.717, 1.165) is 19.4 Å². The largest absolute Gasteiger partial charge is 0.383 e. The van der Waals surface area contributed by atoms with E-state index in [4.69, 9.17) is 16.3 Å². The van der Waals surface area contributed by atoms with Crippen molar-refractivity contribution in [3.8, 4) is 0 Å². The van der Waals surface area contributed by atoms with Gasteiger partial charge in [0.15, 0.2) is 0 Å². The number of halogens is 1. The van der Waals surface area contributed by atoms with E-state index in [1.54, 1.807) is 7.11 Å². The summed E-state index contributed by atoms with van der Waals surface area (Å²) < 4.78 is 5.11. The molecular weight excluding hydrogens is 254 g/mol. The minimum absolute atomic E-state index is 0.160. The third-order valence-electron chi connectivity index (χ3n) is 2.34. The lowest BCUT2D eigenvalue weighted by atomic mass is 10.2. The van der Waals surface area contributed by atoms with Crippen molar-refractivity contribution in [1.29, 1.82) is 0 Å². The lowest BCUT2D eigenvalue weighted by Crippen LogP contribution is -2.25. The van der Waals surface area contributed by atoms with Gasteiger partial charge in [0.05, 0.1) is 12.6 Å². The molecule has 1 heterocycles. The van der Waals surface area contributed by atoms with E-state index in [1.807, 2.05) is 0 Å². The van der Waals surface area contributed by atoms with Crippen LogP contribution < -0.4 is 10.6 Å². The zero-order valence-corrected chi connectivity index (χ0v) is 11.8. The van der Waals surface area contributed by atoms with Crippen molar-refractivity contribution in [3.63, 3.8) is 0 Å². The lowest BCUT2D eigenvalue weighted by molar-refractivity contribution is 0.184. The zero-order chi connectivity index (χ0) is 13.4. The second-order valence-electron chi connectivity index (χ2n) is 3.88. The Morgan fingerprint density at radius 1 is 1.22 bits per heavy atom. The molecule has 6 nitrogen and oxygen atoms in total. The molecule has 7 heteroatoms. The van der Waals surface area contributed by atoms with E-state index in [1.165, 1.54) is 0 Å². The number of ether oxygens (including phenoxy) is 1. The van der Waals surface area contributed by atoms with Gasteiger partial charge in [0.25, 0.3) is 0 Å². The molecule has 0 saturated heterocycles. The molecule has 0 spiro atoms. The van der Waals surface area contributed by atoms with Crippen molar-refractivity contribution in [3.05, 3.63) is 5.28 Å².